The van der Waals surface area contributed by atoms with Crippen molar-refractivity contribution in [1.82, 2.24) is 15.2 Å². The van der Waals surface area contributed by atoms with E-state index in [9.17, 15) is 10.1 Å². The summed E-state index contributed by atoms with van der Waals surface area (Å²) in [5.41, 5.74) is 0.297. The molecule has 0 unspecified atom stereocenters. The first kappa shape index (κ1) is 18.8. The Balaban J connectivity index is 1.67. The quantitative estimate of drug-likeness (QED) is 0.873. The van der Waals surface area contributed by atoms with Gasteiger partial charge in [0, 0.05) is 51.3 Å². The monoisotopic (exact) mass is 356 g/mol. The van der Waals surface area contributed by atoms with E-state index in [0.717, 1.165) is 19.6 Å². The van der Waals surface area contributed by atoms with Gasteiger partial charge in [0.15, 0.2) is 0 Å². The maximum absolute atomic E-state index is 12.9. The molecule has 140 valence electrons. The number of amides is 1. The molecule has 2 aliphatic rings. The molecule has 2 atom stereocenters. The lowest BCUT2D eigenvalue weighted by molar-refractivity contribution is -0.133. The Morgan fingerprint density at radius 2 is 2.08 bits per heavy atom. The first-order chi connectivity index (χ1) is 12.5. The number of hydrogen-bond acceptors (Lipinski definition) is 5. The van der Waals surface area contributed by atoms with Crippen LogP contribution in [0.4, 0.5) is 0 Å². The molecule has 0 radical (unpaired) electrons. The van der Waals surface area contributed by atoms with E-state index in [0.29, 0.717) is 37.9 Å². The van der Waals surface area contributed by atoms with Crippen molar-refractivity contribution in [3.05, 3.63) is 30.1 Å². The van der Waals surface area contributed by atoms with Gasteiger partial charge in [-0.25, -0.2) is 0 Å². The maximum Gasteiger partial charge on any atom is 0.240 e. The lowest BCUT2D eigenvalue weighted by Crippen LogP contribution is -2.50. The van der Waals surface area contributed by atoms with Gasteiger partial charge in [-0.2, -0.15) is 5.26 Å². The molecule has 1 N–H and O–H groups in total. The number of rotatable bonds is 5. The zero-order chi connectivity index (χ0) is 18.6. The van der Waals surface area contributed by atoms with E-state index in [-0.39, 0.29) is 11.9 Å². The van der Waals surface area contributed by atoms with E-state index in [1.54, 1.807) is 0 Å². The highest BCUT2D eigenvalue weighted by atomic mass is 16.5. The van der Waals surface area contributed by atoms with Crippen LogP contribution in [-0.4, -0.2) is 48.1 Å². The summed E-state index contributed by atoms with van der Waals surface area (Å²) in [6.45, 7) is 7.99. The molecule has 6 nitrogen and oxygen atoms in total. The van der Waals surface area contributed by atoms with Crippen molar-refractivity contribution in [2.45, 2.75) is 39.3 Å². The summed E-state index contributed by atoms with van der Waals surface area (Å²) in [5, 5.41) is 12.8. The molecular weight excluding hydrogens is 328 g/mol. The van der Waals surface area contributed by atoms with Crippen LogP contribution in [0, 0.1) is 28.6 Å². The molecule has 0 aliphatic carbocycles. The van der Waals surface area contributed by atoms with Crippen LogP contribution >= 0.6 is 0 Å². The molecule has 1 aromatic rings. The molecule has 3 heterocycles. The second-order valence-electron chi connectivity index (χ2n) is 7.84. The van der Waals surface area contributed by atoms with E-state index < -0.39 is 5.41 Å². The Morgan fingerprint density at radius 1 is 1.38 bits per heavy atom. The number of hydrogen-bond donors (Lipinski definition) is 1. The number of likely N-dealkylation sites (tertiary alicyclic amines) is 1. The van der Waals surface area contributed by atoms with E-state index >= 15 is 0 Å². The number of carbonyl (C=O) groups excluding carboxylic acids is 1. The summed E-state index contributed by atoms with van der Waals surface area (Å²) in [7, 11) is 0. The second-order valence-corrected chi connectivity index (χ2v) is 7.84. The van der Waals surface area contributed by atoms with E-state index in [2.05, 4.69) is 35.1 Å². The summed E-state index contributed by atoms with van der Waals surface area (Å²) in [6, 6.07) is 6.42. The minimum atomic E-state index is -0.932. The van der Waals surface area contributed by atoms with Crippen molar-refractivity contribution in [3.8, 4) is 6.07 Å². The molecule has 26 heavy (non-hydrogen) atoms. The molecular formula is C20H28N4O2. The summed E-state index contributed by atoms with van der Waals surface area (Å²) >= 11 is 0. The summed E-state index contributed by atoms with van der Waals surface area (Å²) in [6.07, 6.45) is 4.59. The minimum absolute atomic E-state index is 0.0809. The fourth-order valence-corrected chi connectivity index (χ4v) is 4.03. The van der Waals surface area contributed by atoms with Crippen LogP contribution in [0.15, 0.2) is 24.5 Å². The van der Waals surface area contributed by atoms with E-state index in [1.165, 1.54) is 5.56 Å². The predicted octanol–water partition coefficient (Wildman–Crippen LogP) is 1.97. The van der Waals surface area contributed by atoms with Crippen LogP contribution in [0.5, 0.6) is 0 Å². The van der Waals surface area contributed by atoms with Crippen LogP contribution < -0.4 is 5.32 Å². The molecule has 0 bridgehead atoms. The molecule has 1 aromatic heterocycles. The van der Waals surface area contributed by atoms with Gasteiger partial charge in [0.05, 0.1) is 6.07 Å². The van der Waals surface area contributed by atoms with Gasteiger partial charge in [0.2, 0.25) is 5.91 Å². The number of ether oxygens (including phenoxy) is 1. The lowest BCUT2D eigenvalue weighted by Gasteiger charge is -2.32. The topological polar surface area (TPSA) is 78.3 Å². The second kappa shape index (κ2) is 8.15. The zero-order valence-electron chi connectivity index (χ0n) is 15.6. The van der Waals surface area contributed by atoms with Crippen LogP contribution in [0.3, 0.4) is 0 Å². The Hall–Kier alpha value is -1.97. The first-order valence-corrected chi connectivity index (χ1v) is 9.45. The normalized spacial score (nSPS) is 25.8. The highest BCUT2D eigenvalue weighted by Gasteiger charge is 2.43. The zero-order valence-corrected chi connectivity index (χ0v) is 15.6. The average Bonchev–Trinajstić information content (AvgIpc) is 3.05. The minimum Gasteiger partial charge on any atom is -0.381 e. The first-order valence-electron chi connectivity index (χ1n) is 9.45. The Labute approximate surface area is 155 Å². The van der Waals surface area contributed by atoms with Crippen molar-refractivity contribution in [2.75, 3.05) is 26.3 Å². The molecule has 2 fully saturated rings. The molecule has 2 aliphatic heterocycles. The van der Waals surface area contributed by atoms with Crippen molar-refractivity contribution in [1.29, 1.82) is 5.26 Å². The molecule has 6 heteroatoms. The Morgan fingerprint density at radius 3 is 2.69 bits per heavy atom. The highest BCUT2D eigenvalue weighted by Crippen LogP contribution is 2.32. The van der Waals surface area contributed by atoms with Gasteiger partial charge in [-0.15, -0.1) is 0 Å². The lowest BCUT2D eigenvalue weighted by atomic mass is 9.80. The van der Waals surface area contributed by atoms with E-state index in [1.807, 2.05) is 24.5 Å². The van der Waals surface area contributed by atoms with Gasteiger partial charge < -0.3 is 10.1 Å². The summed E-state index contributed by atoms with van der Waals surface area (Å²) < 4.78 is 5.35. The fraction of sp³-hybridized carbons (Fsp3) is 0.650. The smallest absolute Gasteiger partial charge is 0.240 e. The molecule has 0 saturated carbocycles. The van der Waals surface area contributed by atoms with Gasteiger partial charge in [0.1, 0.15) is 5.41 Å². The van der Waals surface area contributed by atoms with Crippen LogP contribution in [0.2, 0.25) is 0 Å². The number of nitrogens with one attached hydrogen (secondary N) is 1. The highest BCUT2D eigenvalue weighted by molar-refractivity contribution is 5.85. The van der Waals surface area contributed by atoms with Gasteiger partial charge in [-0.1, -0.05) is 13.8 Å². The molecule has 0 aromatic carbocycles. The molecule has 2 saturated heterocycles. The largest absolute Gasteiger partial charge is 0.381 e. The molecule has 3 rings (SSSR count). The maximum atomic E-state index is 12.9. The van der Waals surface area contributed by atoms with Crippen molar-refractivity contribution in [2.24, 2.45) is 17.3 Å². The van der Waals surface area contributed by atoms with Gasteiger partial charge >= 0.3 is 0 Å². The Bertz CT molecular complexity index is 650. The van der Waals surface area contributed by atoms with Crippen LogP contribution in [0.25, 0.3) is 0 Å². The van der Waals surface area contributed by atoms with Gasteiger partial charge in [0.25, 0.3) is 0 Å². The third-order valence-electron chi connectivity index (χ3n) is 5.76. The predicted molar refractivity (Wildman–Crippen MR) is 97.9 cm³/mol. The fourth-order valence-electron chi connectivity index (χ4n) is 4.03. The summed E-state index contributed by atoms with van der Waals surface area (Å²) in [5.74, 6) is 0.733. The van der Waals surface area contributed by atoms with Crippen molar-refractivity contribution < 1.29 is 9.53 Å². The molecule has 0 spiro atoms. The SMILES string of the molecule is CC(C)[C@@H]1CN(Cc2ccncc2)C[C@H]1NC(=O)C1(C#N)CCOCC1. The summed E-state index contributed by atoms with van der Waals surface area (Å²) in [4.78, 5) is 19.4. The van der Waals surface area contributed by atoms with Crippen molar-refractivity contribution in [3.63, 3.8) is 0 Å². The average molecular weight is 356 g/mol. The van der Waals surface area contributed by atoms with Gasteiger partial charge in [-0.3, -0.25) is 14.7 Å². The number of pyridine rings is 1. The number of carbonyl (C=O) groups is 1. The van der Waals surface area contributed by atoms with Crippen LogP contribution in [-0.2, 0) is 16.1 Å². The van der Waals surface area contributed by atoms with Crippen LogP contribution in [0.1, 0.15) is 32.3 Å². The number of nitriles is 1. The third-order valence-corrected chi connectivity index (χ3v) is 5.76. The van der Waals surface area contributed by atoms with Gasteiger partial charge in [-0.05, 0) is 42.4 Å². The third kappa shape index (κ3) is 4.05. The van der Waals surface area contributed by atoms with Crippen molar-refractivity contribution >= 4 is 5.91 Å². The Kier molecular flexibility index (Phi) is 5.90. The number of aromatic nitrogens is 1. The molecule has 1 amide bonds. The van der Waals surface area contributed by atoms with E-state index in [4.69, 9.17) is 4.74 Å². The number of nitrogens with zero attached hydrogens (tertiary/aromatic N) is 3. The standard InChI is InChI=1S/C20H28N4O2/c1-15(2)17-12-24(11-16-3-7-22-8-4-16)13-18(17)23-19(25)20(14-21)5-9-26-10-6-20/h3-4,7-8,15,17-18H,5-6,9-13H2,1-2H3,(H,23,25)/t17-,18+/m0/s1.